The van der Waals surface area contributed by atoms with Gasteiger partial charge in [-0.1, -0.05) is 48.0 Å². The number of hydrazone groups is 1. The monoisotopic (exact) mass is 440 g/mol. The van der Waals surface area contributed by atoms with Gasteiger partial charge in [-0.2, -0.15) is 10.2 Å². The number of amides is 1. The molecule has 1 N–H and O–H groups in total. The molecule has 1 heterocycles. The van der Waals surface area contributed by atoms with E-state index >= 15 is 0 Å². The summed E-state index contributed by atoms with van der Waals surface area (Å²) in [5.74, 6) is 0.261. The van der Waals surface area contributed by atoms with Crippen molar-refractivity contribution in [2.45, 2.75) is 27.0 Å². The van der Waals surface area contributed by atoms with Crippen molar-refractivity contribution < 1.29 is 9.53 Å². The SMILES string of the molecule is CCn1nc(C(=O)N/N=C/c2ccc(OCc3ccc(C)cc3)cc2)c2ccccc2c1=O. The summed E-state index contributed by atoms with van der Waals surface area (Å²) in [7, 11) is 0. The largest absolute Gasteiger partial charge is 0.489 e. The number of aryl methyl sites for hydroxylation is 2. The molecule has 4 aromatic rings. The summed E-state index contributed by atoms with van der Waals surface area (Å²) in [6, 6.07) is 22.5. The Balaban J connectivity index is 1.41. The van der Waals surface area contributed by atoms with Crippen molar-refractivity contribution in [2.75, 3.05) is 0 Å². The van der Waals surface area contributed by atoms with E-state index in [1.807, 2.05) is 36.4 Å². The standard InChI is InChI=1S/C26H24N4O3/c1-3-30-26(32)23-7-5-4-6-22(23)24(29-30)25(31)28-27-16-19-12-14-21(15-13-19)33-17-20-10-8-18(2)9-11-20/h4-16H,3,17H2,1-2H3,(H,28,31)/b27-16+. The van der Waals surface area contributed by atoms with Crippen molar-refractivity contribution in [3.63, 3.8) is 0 Å². The first-order valence-electron chi connectivity index (χ1n) is 10.7. The van der Waals surface area contributed by atoms with E-state index in [1.165, 1.54) is 10.2 Å². The van der Waals surface area contributed by atoms with Crippen LogP contribution < -0.4 is 15.7 Å². The molecule has 0 bridgehead atoms. The van der Waals surface area contributed by atoms with Crippen molar-refractivity contribution in [3.05, 3.63) is 106 Å². The van der Waals surface area contributed by atoms with Gasteiger partial charge < -0.3 is 4.74 Å². The first-order chi connectivity index (χ1) is 16.0. The van der Waals surface area contributed by atoms with Crippen molar-refractivity contribution in [2.24, 2.45) is 5.10 Å². The van der Waals surface area contributed by atoms with Gasteiger partial charge >= 0.3 is 0 Å². The molecular weight excluding hydrogens is 416 g/mol. The lowest BCUT2D eigenvalue weighted by Gasteiger charge is -2.08. The van der Waals surface area contributed by atoms with E-state index in [9.17, 15) is 9.59 Å². The number of fused-ring (bicyclic) bond motifs is 1. The van der Waals surface area contributed by atoms with Crippen molar-refractivity contribution in [3.8, 4) is 5.75 Å². The van der Waals surface area contributed by atoms with Crippen LogP contribution in [0, 0.1) is 6.92 Å². The molecule has 0 aliphatic heterocycles. The third-order valence-corrected chi connectivity index (χ3v) is 5.17. The number of carbonyl (C=O) groups is 1. The molecule has 1 aromatic heterocycles. The maximum absolute atomic E-state index is 12.7. The second-order valence-corrected chi connectivity index (χ2v) is 7.56. The van der Waals surface area contributed by atoms with Gasteiger partial charge in [0.1, 0.15) is 12.4 Å². The molecule has 166 valence electrons. The van der Waals surface area contributed by atoms with Gasteiger partial charge in [0.2, 0.25) is 0 Å². The van der Waals surface area contributed by atoms with Crippen LogP contribution in [0.25, 0.3) is 10.8 Å². The number of hydrogen-bond donors (Lipinski definition) is 1. The molecule has 0 aliphatic carbocycles. The van der Waals surface area contributed by atoms with Gasteiger partial charge in [-0.15, -0.1) is 0 Å². The molecule has 33 heavy (non-hydrogen) atoms. The smallest absolute Gasteiger partial charge is 0.292 e. The van der Waals surface area contributed by atoms with E-state index in [1.54, 1.807) is 37.4 Å². The number of rotatable bonds is 7. The van der Waals surface area contributed by atoms with E-state index < -0.39 is 5.91 Å². The van der Waals surface area contributed by atoms with Gasteiger partial charge in [0, 0.05) is 11.9 Å². The third-order valence-electron chi connectivity index (χ3n) is 5.17. The highest BCUT2D eigenvalue weighted by molar-refractivity contribution is 6.04. The van der Waals surface area contributed by atoms with Crippen LogP contribution in [0.15, 0.2) is 82.7 Å². The van der Waals surface area contributed by atoms with Gasteiger partial charge in [-0.25, -0.2) is 10.1 Å². The minimum absolute atomic E-state index is 0.157. The summed E-state index contributed by atoms with van der Waals surface area (Å²) < 4.78 is 7.08. The highest BCUT2D eigenvalue weighted by Crippen LogP contribution is 2.15. The van der Waals surface area contributed by atoms with Crippen LogP contribution in [0.3, 0.4) is 0 Å². The first-order valence-corrected chi connectivity index (χ1v) is 10.7. The Morgan fingerprint density at radius 3 is 2.42 bits per heavy atom. The molecule has 0 spiro atoms. The zero-order chi connectivity index (χ0) is 23.2. The minimum atomic E-state index is -0.484. The summed E-state index contributed by atoms with van der Waals surface area (Å²) >= 11 is 0. The zero-order valence-corrected chi connectivity index (χ0v) is 18.5. The molecule has 0 atom stereocenters. The molecule has 3 aromatic carbocycles. The Bertz CT molecular complexity index is 1360. The lowest BCUT2D eigenvalue weighted by atomic mass is 10.1. The van der Waals surface area contributed by atoms with Crippen LogP contribution in [0.5, 0.6) is 5.75 Å². The van der Waals surface area contributed by atoms with Gasteiger partial charge in [0.15, 0.2) is 5.69 Å². The molecule has 0 fully saturated rings. The van der Waals surface area contributed by atoms with Gasteiger partial charge in [0.05, 0.1) is 11.6 Å². The summed E-state index contributed by atoms with van der Waals surface area (Å²) in [5.41, 5.74) is 5.54. The Kier molecular flexibility index (Phi) is 6.59. The van der Waals surface area contributed by atoms with Crippen molar-refractivity contribution >= 4 is 22.9 Å². The molecule has 4 rings (SSSR count). The molecule has 0 aliphatic rings. The predicted molar refractivity (Wildman–Crippen MR) is 129 cm³/mol. The maximum Gasteiger partial charge on any atom is 0.292 e. The predicted octanol–water partition coefficient (Wildman–Crippen LogP) is 4.07. The lowest BCUT2D eigenvalue weighted by molar-refractivity contribution is 0.0949. The van der Waals surface area contributed by atoms with E-state index in [0.29, 0.717) is 23.9 Å². The van der Waals surface area contributed by atoms with Crippen LogP contribution in [0.4, 0.5) is 0 Å². The number of hydrogen-bond acceptors (Lipinski definition) is 5. The van der Waals surface area contributed by atoms with Crippen molar-refractivity contribution in [1.29, 1.82) is 0 Å². The van der Waals surface area contributed by atoms with Gasteiger partial charge in [0.25, 0.3) is 11.5 Å². The first kappa shape index (κ1) is 22.0. The number of carbonyl (C=O) groups excluding carboxylic acids is 1. The number of aromatic nitrogens is 2. The number of nitrogens with one attached hydrogen (secondary N) is 1. The Hall–Kier alpha value is -4.26. The zero-order valence-electron chi connectivity index (χ0n) is 18.5. The van der Waals surface area contributed by atoms with E-state index in [-0.39, 0.29) is 11.3 Å². The maximum atomic E-state index is 12.7. The fourth-order valence-corrected chi connectivity index (χ4v) is 3.34. The highest BCUT2D eigenvalue weighted by Gasteiger charge is 2.15. The Morgan fingerprint density at radius 2 is 1.73 bits per heavy atom. The molecule has 0 radical (unpaired) electrons. The van der Waals surface area contributed by atoms with Gasteiger partial charge in [-0.05, 0) is 55.3 Å². The number of nitrogens with zero attached hydrogens (tertiary/aromatic N) is 3. The van der Waals surface area contributed by atoms with Gasteiger partial charge in [-0.3, -0.25) is 9.59 Å². The Morgan fingerprint density at radius 1 is 1.03 bits per heavy atom. The minimum Gasteiger partial charge on any atom is -0.489 e. The topological polar surface area (TPSA) is 85.6 Å². The molecule has 1 amide bonds. The number of benzene rings is 3. The second kappa shape index (κ2) is 9.91. The molecule has 7 heteroatoms. The molecule has 0 unspecified atom stereocenters. The van der Waals surface area contributed by atoms with Crippen molar-refractivity contribution in [1.82, 2.24) is 15.2 Å². The molecule has 0 saturated carbocycles. The summed E-state index contributed by atoms with van der Waals surface area (Å²) in [6.45, 7) is 4.71. The summed E-state index contributed by atoms with van der Waals surface area (Å²) in [4.78, 5) is 25.1. The second-order valence-electron chi connectivity index (χ2n) is 7.56. The number of ether oxygens (including phenoxy) is 1. The average molecular weight is 441 g/mol. The lowest BCUT2D eigenvalue weighted by Crippen LogP contribution is -2.28. The summed E-state index contributed by atoms with van der Waals surface area (Å²) in [5, 5.41) is 9.19. The average Bonchev–Trinajstić information content (AvgIpc) is 2.85. The normalized spacial score (nSPS) is 11.1. The van der Waals surface area contributed by atoms with E-state index in [2.05, 4.69) is 34.7 Å². The highest BCUT2D eigenvalue weighted by atomic mass is 16.5. The summed E-state index contributed by atoms with van der Waals surface area (Å²) in [6.07, 6.45) is 1.54. The van der Waals surface area contributed by atoms with Crippen LogP contribution in [-0.2, 0) is 13.2 Å². The quantitative estimate of drug-likeness (QED) is 0.347. The molecule has 0 saturated heterocycles. The Labute approximate surface area is 191 Å². The fraction of sp³-hybridized carbons (Fsp3) is 0.154. The van der Waals surface area contributed by atoms with Crippen LogP contribution >= 0.6 is 0 Å². The van der Waals surface area contributed by atoms with Crippen LogP contribution in [0.2, 0.25) is 0 Å². The van der Waals surface area contributed by atoms with E-state index in [4.69, 9.17) is 4.74 Å². The van der Waals surface area contributed by atoms with E-state index in [0.717, 1.165) is 16.9 Å². The molecular formula is C26H24N4O3. The van der Waals surface area contributed by atoms with Crippen LogP contribution in [-0.4, -0.2) is 21.9 Å². The third kappa shape index (κ3) is 5.15. The molecule has 7 nitrogen and oxygen atoms in total. The fourth-order valence-electron chi connectivity index (χ4n) is 3.34. The van der Waals surface area contributed by atoms with Crippen LogP contribution in [0.1, 0.15) is 34.1 Å².